The van der Waals surface area contributed by atoms with Gasteiger partial charge in [-0.1, -0.05) is 0 Å². The summed E-state index contributed by atoms with van der Waals surface area (Å²) < 4.78 is 6.53. The van der Waals surface area contributed by atoms with Gasteiger partial charge in [-0.3, -0.25) is 0 Å². The first-order chi connectivity index (χ1) is 3.41. The van der Waals surface area contributed by atoms with Crippen molar-refractivity contribution in [3.63, 3.8) is 0 Å². The SMILES string of the molecule is COCC#C[CH]=[W]. The molecule has 0 unspecified atom stereocenters. The number of hydrogen-bond acceptors (Lipinski definition) is 1. The zero-order valence-electron chi connectivity index (χ0n) is 4.10. The average molecular weight is 266 g/mol. The summed E-state index contributed by atoms with van der Waals surface area (Å²) in [5.74, 6) is 5.56. The van der Waals surface area contributed by atoms with Gasteiger partial charge in [0.25, 0.3) is 0 Å². The van der Waals surface area contributed by atoms with Crippen LogP contribution in [-0.2, 0) is 24.1 Å². The third-order valence-electron chi connectivity index (χ3n) is 0.377. The van der Waals surface area contributed by atoms with Gasteiger partial charge in [-0.05, 0) is 0 Å². The third-order valence-corrected chi connectivity index (χ3v) is 0.801. The molecule has 0 aliphatic rings. The Morgan fingerprint density at radius 1 is 1.86 bits per heavy atom. The predicted octanol–water partition coefficient (Wildman–Crippen LogP) is -0.0148. The van der Waals surface area contributed by atoms with Gasteiger partial charge in [-0.25, -0.2) is 0 Å². The molecule has 38 valence electrons. The Morgan fingerprint density at radius 2 is 2.57 bits per heavy atom. The number of rotatable bonds is 1. The van der Waals surface area contributed by atoms with Crippen molar-refractivity contribution < 1.29 is 24.1 Å². The van der Waals surface area contributed by atoms with Crippen molar-refractivity contribution in [1.82, 2.24) is 0 Å². The standard InChI is InChI=1S/C5H6O.W/c1-3-4-5-6-2;/h1H,5H2,2H3;. The van der Waals surface area contributed by atoms with Gasteiger partial charge >= 0.3 is 54.0 Å². The maximum atomic E-state index is 4.66. The van der Waals surface area contributed by atoms with Gasteiger partial charge in [0.05, 0.1) is 0 Å². The van der Waals surface area contributed by atoms with Crippen molar-refractivity contribution in [2.45, 2.75) is 0 Å². The molecule has 0 saturated heterocycles. The summed E-state index contributed by atoms with van der Waals surface area (Å²) in [6.45, 7) is 0.545. The van der Waals surface area contributed by atoms with Crippen LogP contribution in [0.15, 0.2) is 0 Å². The Bertz CT molecular complexity index is 98.4. The fourth-order valence-corrected chi connectivity index (χ4v) is 0.455. The molecular weight excluding hydrogens is 260 g/mol. The van der Waals surface area contributed by atoms with E-state index in [1.54, 1.807) is 7.11 Å². The molecule has 0 aromatic rings. The summed E-state index contributed by atoms with van der Waals surface area (Å²) in [7, 11) is 1.64. The third kappa shape index (κ3) is 6.08. The van der Waals surface area contributed by atoms with Crippen molar-refractivity contribution in [3.05, 3.63) is 0 Å². The van der Waals surface area contributed by atoms with E-state index in [2.05, 4.69) is 16.6 Å². The molecule has 0 aliphatic carbocycles. The number of ether oxygens (including phenoxy) is 1. The van der Waals surface area contributed by atoms with Crippen molar-refractivity contribution >= 4 is 4.40 Å². The monoisotopic (exact) mass is 266 g/mol. The molecule has 0 heterocycles. The summed E-state index contributed by atoms with van der Waals surface area (Å²) >= 11 is 1.39. The molecule has 0 bridgehead atoms. The summed E-state index contributed by atoms with van der Waals surface area (Å²) in [5.41, 5.74) is 0. The van der Waals surface area contributed by atoms with E-state index in [-0.39, 0.29) is 0 Å². The van der Waals surface area contributed by atoms with Crippen molar-refractivity contribution in [2.75, 3.05) is 13.7 Å². The van der Waals surface area contributed by atoms with Crippen LogP contribution < -0.4 is 0 Å². The Morgan fingerprint density at radius 3 is 3.00 bits per heavy atom. The van der Waals surface area contributed by atoms with E-state index in [0.717, 1.165) is 0 Å². The Balaban J connectivity index is 3.07. The van der Waals surface area contributed by atoms with E-state index in [0.29, 0.717) is 6.61 Å². The first-order valence-corrected chi connectivity index (χ1v) is 3.52. The first kappa shape index (κ1) is 7.08. The molecule has 2 heteroatoms. The molecule has 0 fully saturated rings. The zero-order chi connectivity index (χ0) is 5.54. The van der Waals surface area contributed by atoms with Crippen molar-refractivity contribution in [2.24, 2.45) is 0 Å². The molecule has 1 nitrogen and oxygen atoms in total. The molecule has 0 atom stereocenters. The maximum absolute atomic E-state index is 4.66. The van der Waals surface area contributed by atoms with Gasteiger partial charge in [-0.15, -0.1) is 0 Å². The second kappa shape index (κ2) is 6.08. The summed E-state index contributed by atoms with van der Waals surface area (Å²) in [5, 5.41) is 0. The van der Waals surface area contributed by atoms with Gasteiger partial charge < -0.3 is 0 Å². The molecular formula is C5H6OW. The topological polar surface area (TPSA) is 9.23 Å². The molecule has 0 aliphatic heterocycles. The van der Waals surface area contributed by atoms with Gasteiger partial charge in [0.1, 0.15) is 0 Å². The first-order valence-electron chi connectivity index (χ1n) is 1.82. The van der Waals surface area contributed by atoms with Crippen LogP contribution in [-0.4, -0.2) is 18.1 Å². The van der Waals surface area contributed by atoms with Crippen LogP contribution in [0.4, 0.5) is 0 Å². The fraction of sp³-hybridized carbons (Fsp3) is 0.400. The molecule has 7 heavy (non-hydrogen) atoms. The van der Waals surface area contributed by atoms with Gasteiger partial charge in [0.15, 0.2) is 0 Å². The Kier molecular flexibility index (Phi) is 6.15. The van der Waals surface area contributed by atoms with E-state index in [1.165, 1.54) is 19.4 Å². The number of hydrogen-bond donors (Lipinski definition) is 0. The average Bonchev–Trinajstić information content (AvgIpc) is 1.69. The number of methoxy groups -OCH3 is 1. The second-order valence-corrected chi connectivity index (χ2v) is 1.72. The quantitative estimate of drug-likeness (QED) is 0.606. The van der Waals surface area contributed by atoms with E-state index < -0.39 is 0 Å². The van der Waals surface area contributed by atoms with Crippen LogP contribution in [0.25, 0.3) is 0 Å². The van der Waals surface area contributed by atoms with Gasteiger partial charge in [0.2, 0.25) is 0 Å². The molecule has 0 saturated carbocycles. The van der Waals surface area contributed by atoms with Gasteiger partial charge in [-0.2, -0.15) is 0 Å². The fourth-order valence-electron chi connectivity index (χ4n) is 0.156. The molecule has 0 N–H and O–H groups in total. The van der Waals surface area contributed by atoms with E-state index in [9.17, 15) is 0 Å². The minimum absolute atomic E-state index is 0.545. The van der Waals surface area contributed by atoms with Crippen molar-refractivity contribution in [3.8, 4) is 11.8 Å². The molecule has 0 amide bonds. The summed E-state index contributed by atoms with van der Waals surface area (Å²) in [6.07, 6.45) is 0. The van der Waals surface area contributed by atoms with Gasteiger partial charge in [0, 0.05) is 0 Å². The van der Waals surface area contributed by atoms with Crippen LogP contribution in [0.2, 0.25) is 0 Å². The van der Waals surface area contributed by atoms with Crippen molar-refractivity contribution in [1.29, 1.82) is 0 Å². The summed E-state index contributed by atoms with van der Waals surface area (Å²) in [6, 6.07) is 0. The molecule has 0 radical (unpaired) electrons. The van der Waals surface area contributed by atoms with E-state index >= 15 is 0 Å². The zero-order valence-corrected chi connectivity index (χ0v) is 7.03. The van der Waals surface area contributed by atoms with E-state index in [1.807, 2.05) is 4.40 Å². The molecule has 0 rings (SSSR count). The van der Waals surface area contributed by atoms with Crippen LogP contribution in [0.5, 0.6) is 0 Å². The molecule has 0 spiro atoms. The van der Waals surface area contributed by atoms with Crippen LogP contribution >= 0.6 is 0 Å². The molecule has 0 aromatic carbocycles. The Hall–Kier alpha value is 0.0783. The van der Waals surface area contributed by atoms with Crippen LogP contribution in [0.3, 0.4) is 0 Å². The summed E-state index contributed by atoms with van der Waals surface area (Å²) in [4.78, 5) is 0. The van der Waals surface area contributed by atoms with Crippen LogP contribution in [0.1, 0.15) is 0 Å². The Labute approximate surface area is 54.5 Å². The normalized spacial score (nSPS) is 6.43. The van der Waals surface area contributed by atoms with Crippen LogP contribution in [0, 0.1) is 11.8 Å². The predicted molar refractivity (Wildman–Crippen MR) is 25.7 cm³/mol. The minimum atomic E-state index is 0.545. The molecule has 0 aromatic heterocycles. The van der Waals surface area contributed by atoms with E-state index in [4.69, 9.17) is 0 Å². The second-order valence-electron chi connectivity index (χ2n) is 0.872.